The van der Waals surface area contributed by atoms with Crippen LogP contribution in [0, 0.1) is 5.92 Å². The molecule has 2 aromatic rings. The van der Waals surface area contributed by atoms with Crippen molar-refractivity contribution < 1.29 is 14.7 Å². The van der Waals surface area contributed by atoms with Crippen molar-refractivity contribution in [3.63, 3.8) is 0 Å². The number of amides is 1. The van der Waals surface area contributed by atoms with Gasteiger partial charge in [0.1, 0.15) is 0 Å². The van der Waals surface area contributed by atoms with Gasteiger partial charge in [-0.15, -0.1) is 0 Å². The van der Waals surface area contributed by atoms with Crippen LogP contribution in [0.3, 0.4) is 0 Å². The lowest BCUT2D eigenvalue weighted by Gasteiger charge is -2.19. The summed E-state index contributed by atoms with van der Waals surface area (Å²) in [4.78, 5) is 23.5. The van der Waals surface area contributed by atoms with E-state index in [-0.39, 0.29) is 5.91 Å². The van der Waals surface area contributed by atoms with Crippen LogP contribution in [0.25, 0.3) is 0 Å². The van der Waals surface area contributed by atoms with Crippen LogP contribution in [0.15, 0.2) is 54.6 Å². The van der Waals surface area contributed by atoms with Crippen molar-refractivity contribution >= 4 is 11.9 Å². The summed E-state index contributed by atoms with van der Waals surface area (Å²) in [5.41, 5.74) is 2.63. The summed E-state index contributed by atoms with van der Waals surface area (Å²) in [5.74, 6) is -1.80. The monoisotopic (exact) mass is 311 g/mol. The molecule has 0 heterocycles. The van der Waals surface area contributed by atoms with Crippen molar-refractivity contribution in [1.82, 2.24) is 5.32 Å². The van der Waals surface area contributed by atoms with E-state index in [1.165, 1.54) is 0 Å². The van der Waals surface area contributed by atoms with Gasteiger partial charge in [0, 0.05) is 11.6 Å². The van der Waals surface area contributed by atoms with E-state index in [2.05, 4.69) is 5.32 Å². The van der Waals surface area contributed by atoms with Crippen molar-refractivity contribution in [2.75, 3.05) is 0 Å². The molecule has 1 amide bonds. The first kappa shape index (κ1) is 16.7. The van der Waals surface area contributed by atoms with Crippen LogP contribution in [0.1, 0.15) is 35.3 Å². The second-order valence-electron chi connectivity index (χ2n) is 5.71. The molecule has 0 aliphatic heterocycles. The van der Waals surface area contributed by atoms with Crippen LogP contribution < -0.4 is 5.32 Å². The number of aliphatic carboxylic acids is 1. The fraction of sp³-hybridized carbons (Fsp3) is 0.263. The van der Waals surface area contributed by atoms with Gasteiger partial charge in [0.05, 0.1) is 5.92 Å². The molecule has 2 atom stereocenters. The second kappa shape index (κ2) is 7.58. The predicted molar refractivity (Wildman–Crippen MR) is 89.4 cm³/mol. The number of carbonyl (C=O) groups excluding carboxylic acids is 1. The van der Waals surface area contributed by atoms with Crippen molar-refractivity contribution in [3.8, 4) is 0 Å². The number of hydrogen-bond donors (Lipinski definition) is 2. The highest BCUT2D eigenvalue weighted by atomic mass is 16.4. The van der Waals surface area contributed by atoms with E-state index in [4.69, 9.17) is 5.11 Å². The zero-order chi connectivity index (χ0) is 16.8. The molecule has 0 aliphatic rings. The van der Waals surface area contributed by atoms with Crippen molar-refractivity contribution in [2.45, 2.75) is 26.3 Å². The van der Waals surface area contributed by atoms with E-state index in [9.17, 15) is 9.59 Å². The lowest BCUT2D eigenvalue weighted by atomic mass is 9.98. The molecule has 2 rings (SSSR count). The lowest BCUT2D eigenvalue weighted by Crippen LogP contribution is -2.40. The summed E-state index contributed by atoms with van der Waals surface area (Å²) in [5, 5.41) is 11.8. The van der Waals surface area contributed by atoms with Crippen LogP contribution in [-0.2, 0) is 11.2 Å². The topological polar surface area (TPSA) is 66.4 Å². The first-order valence-electron chi connectivity index (χ1n) is 7.64. The highest BCUT2D eigenvalue weighted by molar-refractivity contribution is 5.96. The molecule has 0 aromatic heterocycles. The third-order valence-corrected chi connectivity index (χ3v) is 4.00. The number of rotatable bonds is 6. The van der Waals surface area contributed by atoms with Gasteiger partial charge < -0.3 is 10.4 Å². The van der Waals surface area contributed by atoms with E-state index in [1.54, 1.807) is 19.9 Å². The third-order valence-electron chi connectivity index (χ3n) is 4.00. The van der Waals surface area contributed by atoms with Gasteiger partial charge in [0.15, 0.2) is 0 Å². The number of nitrogens with one attached hydrogen (secondary N) is 1. The molecule has 0 radical (unpaired) electrons. The molecular weight excluding hydrogens is 290 g/mol. The Hall–Kier alpha value is -2.62. The maximum absolute atomic E-state index is 12.5. The number of carbonyl (C=O) groups is 2. The molecule has 2 unspecified atom stereocenters. The molecule has 0 spiro atoms. The average molecular weight is 311 g/mol. The number of carboxylic acid groups (broad SMARTS) is 1. The number of hydrogen-bond acceptors (Lipinski definition) is 2. The normalized spacial score (nSPS) is 13.1. The fourth-order valence-electron chi connectivity index (χ4n) is 2.34. The summed E-state index contributed by atoms with van der Waals surface area (Å²) in [6.07, 6.45) is 0.660. The Labute approximate surface area is 136 Å². The Bertz CT molecular complexity index is 682. The maximum Gasteiger partial charge on any atom is 0.308 e. The van der Waals surface area contributed by atoms with Crippen molar-refractivity contribution in [2.24, 2.45) is 5.92 Å². The van der Waals surface area contributed by atoms with Crippen molar-refractivity contribution in [1.29, 1.82) is 0 Å². The van der Waals surface area contributed by atoms with E-state index in [0.29, 0.717) is 12.0 Å². The van der Waals surface area contributed by atoms with E-state index >= 15 is 0 Å². The summed E-state index contributed by atoms with van der Waals surface area (Å²) in [6.45, 7) is 3.29. The fourth-order valence-corrected chi connectivity index (χ4v) is 2.34. The summed E-state index contributed by atoms with van der Waals surface area (Å²) in [7, 11) is 0. The van der Waals surface area contributed by atoms with Crippen LogP contribution >= 0.6 is 0 Å². The van der Waals surface area contributed by atoms with Gasteiger partial charge in [-0.3, -0.25) is 9.59 Å². The minimum absolute atomic E-state index is 0.239. The Morgan fingerprint density at radius 2 is 1.61 bits per heavy atom. The van der Waals surface area contributed by atoms with Crippen LogP contribution in [0.2, 0.25) is 0 Å². The SMILES string of the molecule is CC(NC(=O)c1ccccc1Cc1ccccc1)C(C)C(=O)O. The summed E-state index contributed by atoms with van der Waals surface area (Å²) < 4.78 is 0. The number of benzene rings is 2. The molecule has 120 valence electrons. The molecule has 0 bridgehead atoms. The Kier molecular flexibility index (Phi) is 5.52. The molecule has 23 heavy (non-hydrogen) atoms. The quantitative estimate of drug-likeness (QED) is 0.861. The zero-order valence-electron chi connectivity index (χ0n) is 13.3. The zero-order valence-corrected chi connectivity index (χ0v) is 13.3. The summed E-state index contributed by atoms with van der Waals surface area (Å²) >= 11 is 0. The van der Waals surface area contributed by atoms with E-state index in [1.807, 2.05) is 48.5 Å². The Morgan fingerprint density at radius 1 is 1.00 bits per heavy atom. The van der Waals surface area contributed by atoms with Gasteiger partial charge in [-0.25, -0.2) is 0 Å². The number of carboxylic acids is 1. The Balaban J connectivity index is 2.16. The van der Waals surface area contributed by atoms with Crippen molar-refractivity contribution in [3.05, 3.63) is 71.3 Å². The molecule has 4 heteroatoms. The molecule has 0 saturated carbocycles. The molecule has 0 fully saturated rings. The minimum Gasteiger partial charge on any atom is -0.481 e. The highest BCUT2D eigenvalue weighted by Gasteiger charge is 2.22. The van der Waals surface area contributed by atoms with Gasteiger partial charge >= 0.3 is 5.97 Å². The van der Waals surface area contributed by atoms with Gasteiger partial charge in [0.2, 0.25) is 0 Å². The first-order chi connectivity index (χ1) is 11.0. The van der Waals surface area contributed by atoms with Gasteiger partial charge in [-0.2, -0.15) is 0 Å². The maximum atomic E-state index is 12.5. The van der Waals surface area contributed by atoms with Crippen LogP contribution in [0.4, 0.5) is 0 Å². The minimum atomic E-state index is -0.921. The van der Waals surface area contributed by atoms with Gasteiger partial charge in [-0.05, 0) is 37.5 Å². The smallest absolute Gasteiger partial charge is 0.308 e. The van der Waals surface area contributed by atoms with Gasteiger partial charge in [0.25, 0.3) is 5.91 Å². The molecule has 4 nitrogen and oxygen atoms in total. The average Bonchev–Trinajstić information content (AvgIpc) is 2.55. The van der Waals surface area contributed by atoms with E-state index in [0.717, 1.165) is 11.1 Å². The van der Waals surface area contributed by atoms with Crippen LogP contribution in [0.5, 0.6) is 0 Å². The highest BCUT2D eigenvalue weighted by Crippen LogP contribution is 2.15. The molecular formula is C19H21NO3. The first-order valence-corrected chi connectivity index (χ1v) is 7.64. The van der Waals surface area contributed by atoms with Crippen LogP contribution in [-0.4, -0.2) is 23.0 Å². The molecule has 0 saturated heterocycles. The standard InChI is InChI=1S/C19H21NO3/c1-13(19(22)23)14(2)20-18(21)17-11-7-6-10-16(17)12-15-8-4-3-5-9-15/h3-11,13-14H,12H2,1-2H3,(H,20,21)(H,22,23). The molecule has 2 N–H and O–H groups in total. The molecule has 0 aliphatic carbocycles. The predicted octanol–water partition coefficient (Wildman–Crippen LogP) is 3.12. The molecule has 2 aromatic carbocycles. The van der Waals surface area contributed by atoms with E-state index < -0.39 is 17.9 Å². The second-order valence-corrected chi connectivity index (χ2v) is 5.71. The van der Waals surface area contributed by atoms with Gasteiger partial charge in [-0.1, -0.05) is 48.5 Å². The summed E-state index contributed by atoms with van der Waals surface area (Å²) in [6, 6.07) is 16.9. The lowest BCUT2D eigenvalue weighted by molar-refractivity contribution is -0.141. The largest absolute Gasteiger partial charge is 0.481 e. The third kappa shape index (κ3) is 4.42. The Morgan fingerprint density at radius 3 is 2.26 bits per heavy atom.